The van der Waals surface area contributed by atoms with Gasteiger partial charge in [0.05, 0.1) is 12.1 Å². The highest BCUT2D eigenvalue weighted by Gasteiger charge is 2.26. The van der Waals surface area contributed by atoms with Crippen LogP contribution in [0, 0.1) is 0 Å². The molecule has 0 radical (unpaired) electrons. The molecule has 0 aliphatic rings. The van der Waals surface area contributed by atoms with Gasteiger partial charge in [0, 0.05) is 13.5 Å². The number of aryl methyl sites for hydroxylation is 1. The molecular weight excluding hydrogens is 214 g/mol. The van der Waals surface area contributed by atoms with Crippen LogP contribution in [0.25, 0.3) is 0 Å². The van der Waals surface area contributed by atoms with Gasteiger partial charge in [0.1, 0.15) is 0 Å². The van der Waals surface area contributed by atoms with Crippen molar-refractivity contribution >= 4 is 5.91 Å². The molecule has 3 nitrogen and oxygen atoms in total. The molecule has 1 aromatic carbocycles. The van der Waals surface area contributed by atoms with E-state index >= 15 is 0 Å². The molecule has 0 aromatic heterocycles. The van der Waals surface area contributed by atoms with E-state index in [9.17, 15) is 9.90 Å². The standard InChI is InChI=1S/C14H21NO2/c1-14(2,11-16)15(3)13(17)10-9-12-7-5-4-6-8-12/h4-8,16H,9-11H2,1-3H3. The molecule has 0 aliphatic carbocycles. The summed E-state index contributed by atoms with van der Waals surface area (Å²) < 4.78 is 0. The zero-order valence-electron chi connectivity index (χ0n) is 10.8. The molecule has 0 spiro atoms. The van der Waals surface area contributed by atoms with E-state index in [0.717, 1.165) is 12.0 Å². The van der Waals surface area contributed by atoms with E-state index in [1.165, 1.54) is 0 Å². The van der Waals surface area contributed by atoms with Crippen LogP contribution in [0.3, 0.4) is 0 Å². The van der Waals surface area contributed by atoms with Crippen LogP contribution in [-0.2, 0) is 11.2 Å². The molecule has 0 fully saturated rings. The van der Waals surface area contributed by atoms with E-state index in [1.807, 2.05) is 44.2 Å². The van der Waals surface area contributed by atoms with Crippen LogP contribution in [0.4, 0.5) is 0 Å². The Hall–Kier alpha value is -1.35. The molecule has 94 valence electrons. The first kappa shape index (κ1) is 13.7. The number of benzene rings is 1. The highest BCUT2D eigenvalue weighted by atomic mass is 16.3. The largest absolute Gasteiger partial charge is 0.394 e. The molecule has 1 N–H and O–H groups in total. The van der Waals surface area contributed by atoms with Crippen molar-refractivity contribution < 1.29 is 9.90 Å². The third-order valence-electron chi connectivity index (χ3n) is 3.14. The van der Waals surface area contributed by atoms with Crippen LogP contribution < -0.4 is 0 Å². The number of nitrogens with zero attached hydrogens (tertiary/aromatic N) is 1. The lowest BCUT2D eigenvalue weighted by Gasteiger charge is -2.34. The molecular formula is C14H21NO2. The van der Waals surface area contributed by atoms with Crippen molar-refractivity contribution in [3.8, 4) is 0 Å². The highest BCUT2D eigenvalue weighted by Crippen LogP contribution is 2.13. The number of amides is 1. The minimum atomic E-state index is -0.492. The van der Waals surface area contributed by atoms with Gasteiger partial charge in [-0.1, -0.05) is 30.3 Å². The van der Waals surface area contributed by atoms with Gasteiger partial charge in [0.2, 0.25) is 5.91 Å². The number of likely N-dealkylation sites (N-methyl/N-ethyl adjacent to an activating group) is 1. The summed E-state index contributed by atoms with van der Waals surface area (Å²) in [7, 11) is 1.74. The third kappa shape index (κ3) is 3.86. The molecule has 0 bridgehead atoms. The van der Waals surface area contributed by atoms with Gasteiger partial charge in [-0.2, -0.15) is 0 Å². The number of aliphatic hydroxyl groups excluding tert-OH is 1. The summed E-state index contributed by atoms with van der Waals surface area (Å²) in [5, 5.41) is 9.20. The Morgan fingerprint density at radius 1 is 1.29 bits per heavy atom. The minimum Gasteiger partial charge on any atom is -0.394 e. The van der Waals surface area contributed by atoms with Crippen molar-refractivity contribution in [2.24, 2.45) is 0 Å². The monoisotopic (exact) mass is 235 g/mol. The van der Waals surface area contributed by atoms with Crippen LogP contribution in [0.5, 0.6) is 0 Å². The van der Waals surface area contributed by atoms with Crippen molar-refractivity contribution in [2.75, 3.05) is 13.7 Å². The Labute approximate surface area is 103 Å². The first-order valence-electron chi connectivity index (χ1n) is 5.89. The summed E-state index contributed by atoms with van der Waals surface area (Å²) in [4.78, 5) is 13.6. The first-order chi connectivity index (χ1) is 7.97. The second-order valence-electron chi connectivity index (χ2n) is 4.91. The average Bonchev–Trinajstić information content (AvgIpc) is 2.36. The average molecular weight is 235 g/mol. The van der Waals surface area contributed by atoms with E-state index in [-0.39, 0.29) is 12.5 Å². The molecule has 0 unspecified atom stereocenters. The Balaban J connectivity index is 2.51. The number of carbonyl (C=O) groups is 1. The fourth-order valence-electron chi connectivity index (χ4n) is 1.51. The minimum absolute atomic E-state index is 0.0272. The molecule has 1 aromatic rings. The topological polar surface area (TPSA) is 40.5 Å². The van der Waals surface area contributed by atoms with Gasteiger partial charge in [-0.25, -0.2) is 0 Å². The van der Waals surface area contributed by atoms with Gasteiger partial charge >= 0.3 is 0 Å². The molecule has 1 amide bonds. The Bertz CT molecular complexity index is 360. The van der Waals surface area contributed by atoms with Gasteiger partial charge in [-0.15, -0.1) is 0 Å². The Morgan fingerprint density at radius 3 is 2.41 bits per heavy atom. The van der Waals surface area contributed by atoms with Gasteiger partial charge in [0.15, 0.2) is 0 Å². The van der Waals surface area contributed by atoms with Crippen LogP contribution in [-0.4, -0.2) is 35.1 Å². The molecule has 0 atom stereocenters. The maximum atomic E-state index is 11.9. The molecule has 0 saturated heterocycles. The molecule has 3 heteroatoms. The predicted molar refractivity (Wildman–Crippen MR) is 68.7 cm³/mol. The first-order valence-corrected chi connectivity index (χ1v) is 5.89. The Kier molecular flexibility index (Phi) is 4.70. The van der Waals surface area contributed by atoms with Crippen molar-refractivity contribution in [3.05, 3.63) is 35.9 Å². The zero-order valence-corrected chi connectivity index (χ0v) is 10.8. The second-order valence-corrected chi connectivity index (χ2v) is 4.91. The number of hydrogen-bond donors (Lipinski definition) is 1. The summed E-state index contributed by atoms with van der Waals surface area (Å²) in [6, 6.07) is 9.95. The van der Waals surface area contributed by atoms with Crippen molar-refractivity contribution in [3.63, 3.8) is 0 Å². The second kappa shape index (κ2) is 5.82. The maximum Gasteiger partial charge on any atom is 0.223 e. The number of rotatable bonds is 5. The lowest BCUT2D eigenvalue weighted by atomic mass is 10.0. The summed E-state index contributed by atoms with van der Waals surface area (Å²) >= 11 is 0. The molecule has 0 saturated carbocycles. The van der Waals surface area contributed by atoms with E-state index < -0.39 is 5.54 Å². The van der Waals surface area contributed by atoms with Gasteiger partial charge in [0.25, 0.3) is 0 Å². The lowest BCUT2D eigenvalue weighted by molar-refractivity contribution is -0.135. The number of carbonyl (C=O) groups excluding carboxylic acids is 1. The summed E-state index contributed by atoms with van der Waals surface area (Å²) in [6.07, 6.45) is 1.22. The summed E-state index contributed by atoms with van der Waals surface area (Å²) in [5.74, 6) is 0.0629. The highest BCUT2D eigenvalue weighted by molar-refractivity contribution is 5.77. The van der Waals surface area contributed by atoms with E-state index in [0.29, 0.717) is 6.42 Å². The fourth-order valence-corrected chi connectivity index (χ4v) is 1.51. The molecule has 17 heavy (non-hydrogen) atoms. The van der Waals surface area contributed by atoms with Gasteiger partial charge < -0.3 is 10.0 Å². The summed E-state index contributed by atoms with van der Waals surface area (Å²) in [5.41, 5.74) is 0.671. The van der Waals surface area contributed by atoms with Crippen LogP contribution >= 0.6 is 0 Å². The van der Waals surface area contributed by atoms with Crippen molar-refractivity contribution in [1.29, 1.82) is 0 Å². The van der Waals surface area contributed by atoms with Crippen LogP contribution in [0.2, 0.25) is 0 Å². The quantitative estimate of drug-likeness (QED) is 0.846. The van der Waals surface area contributed by atoms with Crippen molar-refractivity contribution in [2.45, 2.75) is 32.2 Å². The van der Waals surface area contributed by atoms with Gasteiger partial charge in [-0.3, -0.25) is 4.79 Å². The van der Waals surface area contributed by atoms with Crippen molar-refractivity contribution in [1.82, 2.24) is 4.90 Å². The van der Waals surface area contributed by atoms with Crippen LogP contribution in [0.1, 0.15) is 25.8 Å². The SMILES string of the molecule is CN(C(=O)CCc1ccccc1)C(C)(C)CO. The number of hydrogen-bond acceptors (Lipinski definition) is 2. The van der Waals surface area contributed by atoms with Gasteiger partial charge in [-0.05, 0) is 25.8 Å². The van der Waals surface area contributed by atoms with E-state index in [4.69, 9.17) is 0 Å². The van der Waals surface area contributed by atoms with E-state index in [2.05, 4.69) is 0 Å². The summed E-state index contributed by atoms with van der Waals surface area (Å²) in [6.45, 7) is 3.68. The zero-order chi connectivity index (χ0) is 12.9. The maximum absolute atomic E-state index is 11.9. The Morgan fingerprint density at radius 2 is 1.88 bits per heavy atom. The lowest BCUT2D eigenvalue weighted by Crippen LogP contribution is -2.47. The predicted octanol–water partition coefficient (Wildman–Crippen LogP) is 1.85. The third-order valence-corrected chi connectivity index (χ3v) is 3.14. The molecule has 0 heterocycles. The van der Waals surface area contributed by atoms with Crippen LogP contribution in [0.15, 0.2) is 30.3 Å². The molecule has 0 aliphatic heterocycles. The fraction of sp³-hybridized carbons (Fsp3) is 0.500. The van der Waals surface area contributed by atoms with E-state index in [1.54, 1.807) is 11.9 Å². The number of aliphatic hydroxyl groups is 1. The normalized spacial score (nSPS) is 11.3. The molecule has 1 rings (SSSR count). The smallest absolute Gasteiger partial charge is 0.223 e.